The van der Waals surface area contributed by atoms with Gasteiger partial charge in [-0.15, -0.1) is 0 Å². The Balaban J connectivity index is -0.000000342. The van der Waals surface area contributed by atoms with Gasteiger partial charge in [-0.1, -0.05) is 70.3 Å². The van der Waals surface area contributed by atoms with Gasteiger partial charge in [0.25, 0.3) is 0 Å². The molecular formula is C54H91Br4N5O24. The van der Waals surface area contributed by atoms with Gasteiger partial charge in [0.15, 0.2) is 0 Å². The maximum Gasteiger partial charge on any atom is 0.322 e. The number of cyclic esters (lactones) is 2. The van der Waals surface area contributed by atoms with Gasteiger partial charge in [0, 0.05) is 32.1 Å². The summed E-state index contributed by atoms with van der Waals surface area (Å²) in [4.78, 5) is 143. The highest BCUT2D eigenvalue weighted by atomic mass is 79.9. The third kappa shape index (κ3) is 48.4. The highest BCUT2D eigenvalue weighted by Crippen LogP contribution is 2.31. The van der Waals surface area contributed by atoms with Crippen LogP contribution in [-0.2, 0) is 90.8 Å². The van der Waals surface area contributed by atoms with Crippen molar-refractivity contribution in [1.29, 1.82) is 0 Å². The summed E-state index contributed by atoms with van der Waals surface area (Å²) >= 11 is 12.8. The Morgan fingerprint density at radius 2 is 0.874 bits per heavy atom. The number of nitrogens with one attached hydrogen (secondary N) is 5. The van der Waals surface area contributed by atoms with Crippen molar-refractivity contribution in [2.75, 3.05) is 94.2 Å². The molecule has 0 aromatic carbocycles. The summed E-state index contributed by atoms with van der Waals surface area (Å²) in [5.74, 6) is -6.00. The normalized spacial score (nSPS) is 12.9. The predicted molar refractivity (Wildman–Crippen MR) is 329 cm³/mol. The molecule has 4 atom stereocenters. The molecule has 33 heteroatoms. The lowest BCUT2D eigenvalue weighted by atomic mass is 9.80. The zero-order valence-electron chi connectivity index (χ0n) is 51.5. The molecule has 0 radical (unpaired) electrons. The molecule has 1 aliphatic heterocycles. The van der Waals surface area contributed by atoms with Crippen LogP contribution in [0.5, 0.6) is 0 Å². The molecule has 0 bridgehead atoms. The monoisotopic (exact) mass is 1510 g/mol. The number of halogens is 4. The topological polar surface area (TPSA) is 439 Å². The van der Waals surface area contributed by atoms with Gasteiger partial charge in [0.2, 0.25) is 29.5 Å². The lowest BCUT2D eigenvalue weighted by molar-refractivity contribution is -0.153. The number of aliphatic hydroxyl groups is 4. The molecule has 1 fully saturated rings. The van der Waals surface area contributed by atoms with Crippen LogP contribution in [0.15, 0.2) is 12.7 Å². The molecule has 1 heterocycles. The molecule has 0 spiro atoms. The van der Waals surface area contributed by atoms with Gasteiger partial charge >= 0.3 is 47.8 Å². The number of carbonyl (C=O) groups excluding carboxylic acids is 12. The molecule has 0 aliphatic carbocycles. The Hall–Kier alpha value is -5.19. The molecule has 1 rings (SSSR count). The largest absolute Gasteiger partial charge is 0.481 e. The highest BCUT2D eigenvalue weighted by molar-refractivity contribution is 9.10. The van der Waals surface area contributed by atoms with Crippen LogP contribution in [0.3, 0.4) is 0 Å². The van der Waals surface area contributed by atoms with Crippen molar-refractivity contribution in [2.45, 2.75) is 132 Å². The van der Waals surface area contributed by atoms with Crippen LogP contribution in [-0.4, -0.2) is 216 Å². The summed E-state index contributed by atoms with van der Waals surface area (Å²) < 4.78 is 26.9. The van der Waals surface area contributed by atoms with Gasteiger partial charge in [0.1, 0.15) is 10.9 Å². The lowest BCUT2D eigenvalue weighted by Crippen LogP contribution is -2.39. The van der Waals surface area contributed by atoms with E-state index in [1.165, 1.54) is 28.4 Å². The average molecular weight is 1510 g/mol. The Bertz CT molecular complexity index is 2100. The fraction of sp³-hybridized carbons (Fsp3) is 0.722. The van der Waals surface area contributed by atoms with Crippen molar-refractivity contribution in [1.82, 2.24) is 26.6 Å². The molecule has 1 saturated heterocycles. The summed E-state index contributed by atoms with van der Waals surface area (Å²) in [6.07, 6.45) is 2.57. The Morgan fingerprint density at radius 3 is 1.18 bits per heavy atom. The number of carboxylic acids is 1. The summed E-state index contributed by atoms with van der Waals surface area (Å²) in [6, 6.07) is 0. The first kappa shape index (κ1) is 90.6. The van der Waals surface area contributed by atoms with Crippen LogP contribution in [0, 0.1) is 22.2 Å². The van der Waals surface area contributed by atoms with Crippen molar-refractivity contribution in [3.8, 4) is 0 Å². The van der Waals surface area contributed by atoms with E-state index in [4.69, 9.17) is 35.0 Å². The van der Waals surface area contributed by atoms with E-state index in [2.05, 4.69) is 116 Å². The van der Waals surface area contributed by atoms with E-state index in [0.717, 1.165) is 6.08 Å². The zero-order chi connectivity index (χ0) is 68.7. The number of rotatable bonds is 32. The second-order valence-electron chi connectivity index (χ2n) is 20.4. The SMILES string of the molecule is C=CC(=O)NCCO.COC(=O)C(C)(C)Br.COC(=O)C(C)(C)CC(Br)C(=O)NCCO.COC(=O)C(C)(C)CC(Br)C(=O)NCCO.COC(=O)C(C)(C)CC(CCC(Br)C(=O)NCCOC(=O)CCC(=O)O)C(=O)NCCO.O=C1CCC(=O)O1. The van der Waals surface area contributed by atoms with E-state index < -0.39 is 70.8 Å². The van der Waals surface area contributed by atoms with E-state index in [1.807, 2.05) is 0 Å². The van der Waals surface area contributed by atoms with Gasteiger partial charge in [-0.2, -0.15) is 0 Å². The molecular weight excluding hydrogens is 1420 g/mol. The van der Waals surface area contributed by atoms with Crippen LogP contribution in [0.25, 0.3) is 0 Å². The predicted octanol–water partition coefficient (Wildman–Crippen LogP) is 1.73. The standard InChI is InChI=1S/C20H33BrN2O9.2C10H18BrNO4.C5H9BrO2.C5H9NO2.C4H4O3/c1-20(2,19(30)31-3)12-13(17(28)22-8-10-24)4-5-14(21)18(29)23-9-11-32-16(27)7-6-15(25)26;2*1-10(2,9(15)16-3)6-7(11)8(14)12-4-5-13;1-5(2,6)4(7)8-3;1-2-5(8)6-3-4-7;5-3-1-2-4(6)7-3/h13-14,24H,4-12H2,1-3H3,(H,22,28)(H,23,29)(H,25,26);2*7,13H,4-6H2,1-3H3,(H,12,14);1-3H3;2,7H,1,3-4H2,(H,6,8);1-2H2. The summed E-state index contributed by atoms with van der Waals surface area (Å²) in [7, 11) is 5.27. The van der Waals surface area contributed by atoms with E-state index in [1.54, 1.807) is 55.4 Å². The van der Waals surface area contributed by atoms with Crippen LogP contribution >= 0.6 is 63.7 Å². The van der Waals surface area contributed by atoms with Gasteiger partial charge in [-0.3, -0.25) is 62.3 Å². The molecule has 504 valence electrons. The summed E-state index contributed by atoms with van der Waals surface area (Å²) in [5, 5.41) is 55.3. The minimum absolute atomic E-state index is 0.0282. The molecule has 4 unspecified atom stereocenters. The molecule has 10 N–H and O–H groups in total. The number of hydrogen-bond donors (Lipinski definition) is 10. The van der Waals surface area contributed by atoms with Crippen LogP contribution in [0.4, 0.5) is 0 Å². The number of hydrogen-bond acceptors (Lipinski definition) is 23. The minimum Gasteiger partial charge on any atom is -0.481 e. The minimum atomic E-state index is -1.10. The maximum atomic E-state index is 12.5. The van der Waals surface area contributed by atoms with Gasteiger partial charge in [-0.05, 0) is 93.6 Å². The molecule has 0 aromatic heterocycles. The third-order valence-electron chi connectivity index (χ3n) is 10.8. The third-order valence-corrected chi connectivity index (χ3v) is 13.5. The fourth-order valence-corrected chi connectivity index (χ4v) is 8.67. The number of alkyl halides is 4. The van der Waals surface area contributed by atoms with Crippen molar-refractivity contribution >= 4 is 141 Å². The first-order valence-corrected chi connectivity index (χ1v) is 30.3. The first-order valence-electron chi connectivity index (χ1n) is 26.7. The van der Waals surface area contributed by atoms with Gasteiger partial charge < -0.3 is 80.5 Å². The molecule has 0 saturated carbocycles. The lowest BCUT2D eigenvalue weighted by Gasteiger charge is -2.27. The van der Waals surface area contributed by atoms with Crippen LogP contribution in [0.2, 0.25) is 0 Å². The number of carboxylic acid groups (broad SMARTS) is 1. The molecule has 87 heavy (non-hydrogen) atoms. The van der Waals surface area contributed by atoms with Crippen molar-refractivity contribution in [3.05, 3.63) is 12.7 Å². The Labute approximate surface area is 541 Å². The maximum absolute atomic E-state index is 12.5. The first-order chi connectivity index (χ1) is 40.2. The van der Waals surface area contributed by atoms with Crippen molar-refractivity contribution in [2.24, 2.45) is 22.2 Å². The summed E-state index contributed by atoms with van der Waals surface area (Å²) in [6.45, 7) is 17.2. The fourth-order valence-electron chi connectivity index (χ4n) is 6.14. The smallest absolute Gasteiger partial charge is 0.322 e. The van der Waals surface area contributed by atoms with E-state index in [-0.39, 0.29) is 139 Å². The molecule has 0 aromatic rings. The number of carbonyl (C=O) groups is 13. The van der Waals surface area contributed by atoms with E-state index in [9.17, 15) is 62.3 Å². The number of aliphatic carboxylic acids is 1. The highest BCUT2D eigenvalue weighted by Gasteiger charge is 2.37. The number of methoxy groups -OCH3 is 4. The number of amides is 5. The average Bonchev–Trinajstić information content (AvgIpc) is 3.58. The Morgan fingerprint density at radius 1 is 0.529 bits per heavy atom. The zero-order valence-corrected chi connectivity index (χ0v) is 57.9. The van der Waals surface area contributed by atoms with Crippen LogP contribution < -0.4 is 26.6 Å². The van der Waals surface area contributed by atoms with E-state index in [0.29, 0.717) is 32.2 Å². The quantitative estimate of drug-likeness (QED) is 0.0114. The van der Waals surface area contributed by atoms with Gasteiger partial charge in [-0.25, -0.2) is 0 Å². The molecule has 1 aliphatic rings. The Kier molecular flexibility index (Phi) is 52.7. The second-order valence-corrected chi connectivity index (χ2v) is 25.7. The van der Waals surface area contributed by atoms with E-state index >= 15 is 0 Å². The van der Waals surface area contributed by atoms with Crippen molar-refractivity contribution in [3.63, 3.8) is 0 Å². The second kappa shape index (κ2) is 50.6. The molecule has 29 nitrogen and oxygen atoms in total. The number of esters is 7. The number of aliphatic hydroxyl groups excluding tert-OH is 4. The van der Waals surface area contributed by atoms with Crippen molar-refractivity contribution < 1.29 is 116 Å². The van der Waals surface area contributed by atoms with Crippen LogP contribution in [0.1, 0.15) is 113 Å². The van der Waals surface area contributed by atoms with Gasteiger partial charge in [0.05, 0.1) is 118 Å². The number of ether oxygens (including phenoxy) is 6. The molecule has 5 amide bonds. The summed E-state index contributed by atoms with van der Waals surface area (Å²) in [5.41, 5.74) is -2.36.